The average Bonchev–Trinajstić information content (AvgIpc) is 3.13. The van der Waals surface area contributed by atoms with E-state index in [0.29, 0.717) is 46.1 Å². The lowest BCUT2D eigenvalue weighted by Gasteiger charge is -2.36. The first-order chi connectivity index (χ1) is 24.1. The van der Waals surface area contributed by atoms with E-state index in [2.05, 4.69) is 58.6 Å². The van der Waals surface area contributed by atoms with Crippen LogP contribution in [0.3, 0.4) is 0 Å². The van der Waals surface area contributed by atoms with Gasteiger partial charge in [-0.05, 0) is 65.3 Å². The van der Waals surface area contributed by atoms with E-state index in [1.165, 1.54) is 5.39 Å². The summed E-state index contributed by atoms with van der Waals surface area (Å²) in [6, 6.07) is 28.7. The van der Waals surface area contributed by atoms with Gasteiger partial charge in [0.15, 0.2) is 0 Å². The average molecular weight is 670 g/mol. The predicted molar refractivity (Wildman–Crippen MR) is 193 cm³/mol. The number of ether oxygens (including phenoxy) is 5. The Labute approximate surface area is 290 Å². The number of piperidine rings is 1. The number of piperazine rings is 1. The third-order valence-electron chi connectivity index (χ3n) is 9.54. The Balaban J connectivity index is 0.973. The fourth-order valence-corrected chi connectivity index (χ4v) is 6.64. The molecule has 49 heavy (non-hydrogen) atoms. The Kier molecular flexibility index (Phi) is 12.8. The van der Waals surface area contributed by atoms with Crippen LogP contribution in [0.15, 0.2) is 84.9 Å². The summed E-state index contributed by atoms with van der Waals surface area (Å²) in [6.45, 7) is 9.38. The molecule has 0 spiro atoms. The van der Waals surface area contributed by atoms with Crippen LogP contribution >= 0.6 is 0 Å². The largest absolute Gasteiger partial charge is 0.496 e. The minimum Gasteiger partial charge on any atom is -0.496 e. The number of nitrogens with zero attached hydrogens (tertiary/aromatic N) is 2. The van der Waals surface area contributed by atoms with Crippen LogP contribution in [-0.4, -0.2) is 107 Å². The van der Waals surface area contributed by atoms with Crippen LogP contribution in [0.25, 0.3) is 10.8 Å². The van der Waals surface area contributed by atoms with Gasteiger partial charge in [0.1, 0.15) is 23.9 Å². The predicted octanol–water partition coefficient (Wildman–Crippen LogP) is 5.09. The molecule has 2 heterocycles. The Hall–Kier alpha value is -3.70. The van der Waals surface area contributed by atoms with Crippen LogP contribution in [0.4, 0.5) is 0 Å². The minimum atomic E-state index is -0.548. The van der Waals surface area contributed by atoms with Gasteiger partial charge in [-0.2, -0.15) is 0 Å². The second-order valence-corrected chi connectivity index (χ2v) is 13.1. The van der Waals surface area contributed by atoms with Gasteiger partial charge in [0.2, 0.25) is 0 Å². The zero-order valence-corrected chi connectivity index (χ0v) is 28.9. The normalized spacial score (nSPS) is 20.3. The lowest BCUT2D eigenvalue weighted by atomic mass is 9.85. The summed E-state index contributed by atoms with van der Waals surface area (Å²) in [7, 11) is 3.85. The number of benzene rings is 4. The summed E-state index contributed by atoms with van der Waals surface area (Å²) in [6.07, 6.45) is 0.0590. The monoisotopic (exact) mass is 669 g/mol. The van der Waals surface area contributed by atoms with E-state index in [1.807, 2.05) is 48.5 Å². The fraction of sp³-hybridized carbons (Fsp3) is 0.450. The van der Waals surface area contributed by atoms with E-state index in [0.717, 1.165) is 78.5 Å². The maximum absolute atomic E-state index is 11.0. The maximum atomic E-state index is 11.0. The molecule has 2 aliphatic heterocycles. The van der Waals surface area contributed by atoms with Crippen molar-refractivity contribution in [2.24, 2.45) is 0 Å². The number of para-hydroxylation sites is 1. The summed E-state index contributed by atoms with van der Waals surface area (Å²) < 4.78 is 29.8. The smallest absolute Gasteiger partial charge is 0.124 e. The molecule has 3 unspecified atom stereocenters. The van der Waals surface area contributed by atoms with Crippen molar-refractivity contribution >= 4 is 10.8 Å². The topological polar surface area (TPSA) is 84.9 Å². The van der Waals surface area contributed by atoms with Crippen LogP contribution in [-0.2, 0) is 22.7 Å². The number of β-amino-alcohol motifs (C(OH)–C–C–N with tert-alkyl or cyclic N) is 1. The molecular weight excluding hydrogens is 618 g/mol. The summed E-state index contributed by atoms with van der Waals surface area (Å²) in [5.74, 6) is 2.39. The molecular formula is C40H51N3O6. The molecule has 0 aromatic heterocycles. The van der Waals surface area contributed by atoms with Crippen molar-refractivity contribution in [3.63, 3.8) is 0 Å². The minimum absolute atomic E-state index is 0.139. The number of nitrogens with one attached hydrogen (secondary N) is 1. The molecule has 9 heteroatoms. The molecule has 6 rings (SSSR count). The number of fused-ring (bicyclic) bond motifs is 1. The maximum Gasteiger partial charge on any atom is 0.124 e. The van der Waals surface area contributed by atoms with E-state index in [-0.39, 0.29) is 12.0 Å². The van der Waals surface area contributed by atoms with Crippen LogP contribution in [0.2, 0.25) is 0 Å². The van der Waals surface area contributed by atoms with Crippen molar-refractivity contribution < 1.29 is 28.8 Å². The molecule has 2 saturated heterocycles. The first-order valence-corrected chi connectivity index (χ1v) is 17.5. The highest BCUT2D eigenvalue weighted by atomic mass is 16.5. The van der Waals surface area contributed by atoms with Gasteiger partial charge in [-0.25, -0.2) is 0 Å². The van der Waals surface area contributed by atoms with E-state index in [1.54, 1.807) is 7.11 Å². The summed E-state index contributed by atoms with van der Waals surface area (Å²) in [4.78, 5) is 4.84. The molecule has 3 atom stereocenters. The first kappa shape index (κ1) is 35.1. The molecule has 2 fully saturated rings. The van der Waals surface area contributed by atoms with Gasteiger partial charge in [-0.3, -0.25) is 4.90 Å². The summed E-state index contributed by atoms with van der Waals surface area (Å²) in [5.41, 5.74) is 3.17. The Morgan fingerprint density at radius 1 is 0.776 bits per heavy atom. The van der Waals surface area contributed by atoms with Crippen LogP contribution in [0.5, 0.6) is 17.2 Å². The standard InChI is InChI=1S/C40H51N3O6/c1-42-16-18-43(19-17-42)20-23-48-36-15-10-31-9-8-30(24-34(31)25-36)28-49-39-27-41-26-37(44)40(39)32-11-13-35(14-12-32)47-22-5-21-46-29-33-6-3-4-7-38(33)45-2/h3-4,6-15,24-25,37,39-41,44H,5,16-23,26-29H2,1-2H3. The zero-order chi connectivity index (χ0) is 33.8. The Bertz CT molecular complexity index is 1590. The third-order valence-corrected chi connectivity index (χ3v) is 9.54. The molecule has 0 bridgehead atoms. The third kappa shape index (κ3) is 9.94. The van der Waals surface area contributed by atoms with E-state index >= 15 is 0 Å². The fourth-order valence-electron chi connectivity index (χ4n) is 6.64. The molecule has 0 saturated carbocycles. The van der Waals surface area contributed by atoms with E-state index in [4.69, 9.17) is 23.7 Å². The molecule has 2 N–H and O–H groups in total. The first-order valence-electron chi connectivity index (χ1n) is 17.5. The van der Waals surface area contributed by atoms with Crippen molar-refractivity contribution in [1.82, 2.24) is 15.1 Å². The number of methoxy groups -OCH3 is 1. The Morgan fingerprint density at radius 3 is 2.39 bits per heavy atom. The molecule has 0 aliphatic carbocycles. The number of aliphatic hydroxyl groups excluding tert-OH is 1. The molecule has 9 nitrogen and oxygen atoms in total. The van der Waals surface area contributed by atoms with Crippen LogP contribution in [0.1, 0.15) is 29.0 Å². The van der Waals surface area contributed by atoms with Gasteiger partial charge in [-0.15, -0.1) is 0 Å². The molecule has 262 valence electrons. The Morgan fingerprint density at radius 2 is 1.55 bits per heavy atom. The molecule has 0 radical (unpaired) electrons. The second kappa shape index (κ2) is 17.8. The van der Waals surface area contributed by atoms with Gasteiger partial charge in [0, 0.05) is 63.7 Å². The SMILES string of the molecule is COc1ccccc1COCCCOc1ccc(C2C(O)CNCC2OCc2ccc3ccc(OCCN4CCN(C)CC4)cc3c2)cc1. The van der Waals surface area contributed by atoms with Crippen molar-refractivity contribution in [2.45, 2.75) is 37.8 Å². The quantitative estimate of drug-likeness (QED) is 0.159. The van der Waals surface area contributed by atoms with Gasteiger partial charge >= 0.3 is 0 Å². The van der Waals surface area contributed by atoms with Crippen molar-refractivity contribution in [3.8, 4) is 17.2 Å². The molecule has 2 aliphatic rings. The van der Waals surface area contributed by atoms with Gasteiger partial charge in [0.25, 0.3) is 0 Å². The molecule has 0 amide bonds. The highest BCUT2D eigenvalue weighted by Crippen LogP contribution is 2.31. The highest BCUT2D eigenvalue weighted by Gasteiger charge is 2.34. The number of likely N-dealkylation sites (N-methyl/N-ethyl adjacent to an activating group) is 1. The van der Waals surface area contributed by atoms with Crippen molar-refractivity contribution in [2.75, 3.05) is 79.8 Å². The highest BCUT2D eigenvalue weighted by molar-refractivity contribution is 5.84. The zero-order valence-electron chi connectivity index (χ0n) is 28.9. The van der Waals surface area contributed by atoms with E-state index < -0.39 is 6.10 Å². The lowest BCUT2D eigenvalue weighted by molar-refractivity contribution is -0.0328. The summed E-state index contributed by atoms with van der Waals surface area (Å²) in [5, 5.41) is 16.7. The van der Waals surface area contributed by atoms with Crippen molar-refractivity contribution in [1.29, 1.82) is 0 Å². The summed E-state index contributed by atoms with van der Waals surface area (Å²) >= 11 is 0. The van der Waals surface area contributed by atoms with Crippen LogP contribution in [0, 0.1) is 0 Å². The van der Waals surface area contributed by atoms with Gasteiger partial charge < -0.3 is 39.0 Å². The van der Waals surface area contributed by atoms with E-state index in [9.17, 15) is 5.11 Å². The van der Waals surface area contributed by atoms with Gasteiger partial charge in [0.05, 0.1) is 45.7 Å². The number of rotatable bonds is 16. The number of hydrogen-bond donors (Lipinski definition) is 2. The second-order valence-electron chi connectivity index (χ2n) is 13.1. The van der Waals surface area contributed by atoms with Crippen molar-refractivity contribution in [3.05, 3.63) is 102 Å². The number of aliphatic hydroxyl groups is 1. The lowest BCUT2D eigenvalue weighted by Crippen LogP contribution is -2.49. The van der Waals surface area contributed by atoms with Gasteiger partial charge in [-0.1, -0.05) is 48.5 Å². The van der Waals surface area contributed by atoms with Crippen LogP contribution < -0.4 is 19.5 Å². The molecule has 4 aromatic rings. The number of hydrogen-bond acceptors (Lipinski definition) is 9. The molecule has 4 aromatic carbocycles.